The summed E-state index contributed by atoms with van der Waals surface area (Å²) < 4.78 is 9.87. The number of carbonyl (C=O) groups is 1. The van der Waals surface area contributed by atoms with Crippen molar-refractivity contribution in [3.63, 3.8) is 0 Å². The first kappa shape index (κ1) is 17.7. The Hall–Kier alpha value is -3.42. The van der Waals surface area contributed by atoms with Gasteiger partial charge in [0.05, 0.1) is 28.3 Å². The van der Waals surface area contributed by atoms with Crippen LogP contribution in [0, 0.1) is 5.92 Å². The average Bonchev–Trinajstić information content (AvgIpc) is 3.40. The van der Waals surface area contributed by atoms with Crippen molar-refractivity contribution in [1.29, 1.82) is 0 Å². The van der Waals surface area contributed by atoms with Gasteiger partial charge in [0.25, 0.3) is 0 Å². The fraction of sp³-hybridized carbons (Fsp3) is 0.333. The predicted molar refractivity (Wildman–Crippen MR) is 109 cm³/mol. The SMILES string of the molecule is CC(Oc1nc(-c2ccc3cnn(C)c3c2)cc2nn(C)cc12)C1CNC(=O)C1. The molecule has 1 N–H and O–H groups in total. The second-order valence-corrected chi connectivity index (χ2v) is 7.68. The molecule has 1 amide bonds. The molecule has 4 aromatic rings. The summed E-state index contributed by atoms with van der Waals surface area (Å²) in [5, 5.41) is 13.7. The zero-order valence-electron chi connectivity index (χ0n) is 16.6. The van der Waals surface area contributed by atoms with Crippen molar-refractivity contribution in [3.8, 4) is 17.1 Å². The van der Waals surface area contributed by atoms with Crippen LogP contribution in [0.4, 0.5) is 0 Å². The van der Waals surface area contributed by atoms with Crippen LogP contribution in [0.15, 0.2) is 36.7 Å². The number of ether oxygens (including phenoxy) is 1. The maximum Gasteiger partial charge on any atom is 0.225 e. The van der Waals surface area contributed by atoms with Crippen LogP contribution >= 0.6 is 0 Å². The van der Waals surface area contributed by atoms with Gasteiger partial charge in [-0.3, -0.25) is 14.2 Å². The fourth-order valence-electron chi connectivity index (χ4n) is 3.88. The number of rotatable bonds is 4. The molecule has 0 radical (unpaired) electrons. The summed E-state index contributed by atoms with van der Waals surface area (Å²) in [5.41, 5.74) is 3.63. The summed E-state index contributed by atoms with van der Waals surface area (Å²) in [6.45, 7) is 2.62. The molecule has 0 bridgehead atoms. The van der Waals surface area contributed by atoms with Gasteiger partial charge in [-0.15, -0.1) is 0 Å². The number of fused-ring (bicyclic) bond motifs is 2. The highest BCUT2D eigenvalue weighted by Gasteiger charge is 2.29. The van der Waals surface area contributed by atoms with Crippen molar-refractivity contribution in [2.45, 2.75) is 19.4 Å². The van der Waals surface area contributed by atoms with Crippen LogP contribution in [0.25, 0.3) is 33.1 Å². The molecule has 8 heteroatoms. The number of pyridine rings is 1. The number of hydrogen-bond donors (Lipinski definition) is 1. The van der Waals surface area contributed by atoms with Crippen molar-refractivity contribution in [2.75, 3.05) is 6.54 Å². The lowest BCUT2D eigenvalue weighted by molar-refractivity contribution is -0.119. The van der Waals surface area contributed by atoms with Crippen molar-refractivity contribution in [1.82, 2.24) is 29.9 Å². The number of nitrogens with one attached hydrogen (secondary N) is 1. The van der Waals surface area contributed by atoms with Crippen molar-refractivity contribution < 1.29 is 9.53 Å². The van der Waals surface area contributed by atoms with E-state index in [1.807, 2.05) is 56.3 Å². The number of benzene rings is 1. The Morgan fingerprint density at radius 2 is 2.14 bits per heavy atom. The van der Waals surface area contributed by atoms with E-state index in [2.05, 4.69) is 21.6 Å². The second kappa shape index (κ2) is 6.58. The highest BCUT2D eigenvalue weighted by Crippen LogP contribution is 2.31. The van der Waals surface area contributed by atoms with Crippen LogP contribution in [0.5, 0.6) is 5.88 Å². The van der Waals surface area contributed by atoms with Crippen LogP contribution in [-0.4, -0.2) is 43.1 Å². The molecule has 0 saturated carbocycles. The Kier molecular flexibility index (Phi) is 4.01. The molecule has 0 spiro atoms. The smallest absolute Gasteiger partial charge is 0.225 e. The van der Waals surface area contributed by atoms with E-state index in [9.17, 15) is 4.79 Å². The maximum absolute atomic E-state index is 11.6. The largest absolute Gasteiger partial charge is 0.474 e. The first-order valence-electron chi connectivity index (χ1n) is 9.68. The van der Waals surface area contributed by atoms with Crippen LogP contribution in [0.3, 0.4) is 0 Å². The molecule has 5 rings (SSSR count). The van der Waals surface area contributed by atoms with E-state index in [0.717, 1.165) is 33.1 Å². The van der Waals surface area contributed by atoms with Gasteiger partial charge in [-0.1, -0.05) is 12.1 Å². The first-order chi connectivity index (χ1) is 14.0. The molecule has 1 aliphatic heterocycles. The van der Waals surface area contributed by atoms with E-state index in [0.29, 0.717) is 18.8 Å². The number of aromatic nitrogens is 5. The Morgan fingerprint density at radius 1 is 1.28 bits per heavy atom. The van der Waals surface area contributed by atoms with E-state index in [4.69, 9.17) is 9.72 Å². The monoisotopic (exact) mass is 390 g/mol. The Labute approximate surface area is 167 Å². The normalized spacial score (nSPS) is 17.8. The van der Waals surface area contributed by atoms with E-state index < -0.39 is 0 Å². The number of hydrogen-bond acceptors (Lipinski definition) is 5. The molecular formula is C21H22N6O2. The topological polar surface area (TPSA) is 86.9 Å². The standard InChI is InChI=1S/C21H22N6O2/c1-12(15-7-20(28)22-9-15)29-21-16-11-26(2)25-18(16)8-17(24-21)13-4-5-14-10-23-27(3)19(14)6-13/h4-6,8,10-12,15H,7,9H2,1-3H3,(H,22,28). The maximum atomic E-state index is 11.6. The van der Waals surface area contributed by atoms with Gasteiger partial charge in [0.2, 0.25) is 11.8 Å². The summed E-state index contributed by atoms with van der Waals surface area (Å²) in [5.74, 6) is 0.746. The minimum absolute atomic E-state index is 0.0724. The van der Waals surface area contributed by atoms with Gasteiger partial charge in [-0.25, -0.2) is 4.98 Å². The van der Waals surface area contributed by atoms with Crippen LogP contribution < -0.4 is 10.1 Å². The van der Waals surface area contributed by atoms with Crippen LogP contribution in [0.2, 0.25) is 0 Å². The van der Waals surface area contributed by atoms with Gasteiger partial charge in [0, 0.05) is 50.1 Å². The second-order valence-electron chi connectivity index (χ2n) is 7.68. The molecule has 8 nitrogen and oxygen atoms in total. The molecule has 1 aliphatic rings. The Bertz CT molecular complexity index is 1240. The third-order valence-electron chi connectivity index (χ3n) is 5.60. The molecule has 29 heavy (non-hydrogen) atoms. The summed E-state index contributed by atoms with van der Waals surface area (Å²) in [6, 6.07) is 8.13. The zero-order valence-corrected chi connectivity index (χ0v) is 16.6. The van der Waals surface area contributed by atoms with Gasteiger partial charge in [0.1, 0.15) is 6.10 Å². The zero-order chi connectivity index (χ0) is 20.1. The third-order valence-corrected chi connectivity index (χ3v) is 5.60. The molecule has 2 atom stereocenters. The molecule has 2 unspecified atom stereocenters. The van der Waals surface area contributed by atoms with Crippen molar-refractivity contribution in [2.24, 2.45) is 20.0 Å². The van der Waals surface area contributed by atoms with Crippen molar-refractivity contribution in [3.05, 3.63) is 36.7 Å². The van der Waals surface area contributed by atoms with Gasteiger partial charge >= 0.3 is 0 Å². The van der Waals surface area contributed by atoms with Gasteiger partial charge in [-0.05, 0) is 19.1 Å². The first-order valence-corrected chi connectivity index (χ1v) is 9.68. The molecule has 1 saturated heterocycles. The minimum atomic E-state index is -0.139. The van der Waals surface area contributed by atoms with Crippen LogP contribution in [0.1, 0.15) is 13.3 Å². The molecule has 1 aromatic carbocycles. The molecule has 1 fully saturated rings. The molecule has 0 aliphatic carbocycles. The summed E-state index contributed by atoms with van der Waals surface area (Å²) in [6.07, 6.45) is 4.10. The number of nitrogens with zero attached hydrogens (tertiary/aromatic N) is 5. The number of aryl methyl sites for hydroxylation is 2. The summed E-state index contributed by atoms with van der Waals surface area (Å²) in [7, 11) is 3.81. The lowest BCUT2D eigenvalue weighted by atomic mass is 10.0. The van der Waals surface area contributed by atoms with E-state index in [-0.39, 0.29) is 17.9 Å². The van der Waals surface area contributed by atoms with E-state index in [1.165, 1.54) is 0 Å². The number of carbonyl (C=O) groups excluding carboxylic acids is 1. The predicted octanol–water partition coefficient (Wildman–Crippen LogP) is 2.43. The van der Waals surface area contributed by atoms with Crippen LogP contribution in [-0.2, 0) is 18.9 Å². The molecule has 4 heterocycles. The van der Waals surface area contributed by atoms with Gasteiger partial charge < -0.3 is 10.1 Å². The Balaban J connectivity index is 1.57. The number of amides is 1. The van der Waals surface area contributed by atoms with Crippen molar-refractivity contribution >= 4 is 27.7 Å². The quantitative estimate of drug-likeness (QED) is 0.578. The lowest BCUT2D eigenvalue weighted by Crippen LogP contribution is -2.26. The van der Waals surface area contributed by atoms with E-state index in [1.54, 1.807) is 4.68 Å². The molecule has 148 valence electrons. The summed E-state index contributed by atoms with van der Waals surface area (Å²) in [4.78, 5) is 16.4. The van der Waals surface area contributed by atoms with E-state index >= 15 is 0 Å². The third kappa shape index (κ3) is 3.10. The average molecular weight is 390 g/mol. The minimum Gasteiger partial charge on any atom is -0.474 e. The fourth-order valence-corrected chi connectivity index (χ4v) is 3.88. The highest BCUT2D eigenvalue weighted by atomic mass is 16.5. The molecular weight excluding hydrogens is 368 g/mol. The van der Waals surface area contributed by atoms with Gasteiger partial charge in [-0.2, -0.15) is 10.2 Å². The molecule has 3 aromatic heterocycles. The lowest BCUT2D eigenvalue weighted by Gasteiger charge is -2.19. The summed E-state index contributed by atoms with van der Waals surface area (Å²) >= 11 is 0. The highest BCUT2D eigenvalue weighted by molar-refractivity contribution is 5.89. The van der Waals surface area contributed by atoms with Gasteiger partial charge in [0.15, 0.2) is 0 Å². The Morgan fingerprint density at radius 3 is 2.93 bits per heavy atom.